The predicted molar refractivity (Wildman–Crippen MR) is 63.0 cm³/mol. The van der Waals surface area contributed by atoms with Gasteiger partial charge in [-0.3, -0.25) is 4.79 Å². The molecule has 0 bridgehead atoms. The summed E-state index contributed by atoms with van der Waals surface area (Å²) in [6.07, 6.45) is 9.64. The topological polar surface area (TPSA) is 40.5 Å². The third-order valence-electron chi connectivity index (χ3n) is 3.68. The second kappa shape index (κ2) is 5.48. The number of hydrogen-bond donors (Lipinski definition) is 1. The van der Waals surface area contributed by atoms with Gasteiger partial charge in [-0.1, -0.05) is 19.3 Å². The summed E-state index contributed by atoms with van der Waals surface area (Å²) in [5.41, 5.74) is 1.16. The van der Waals surface area contributed by atoms with Gasteiger partial charge >= 0.3 is 0 Å². The highest BCUT2D eigenvalue weighted by Crippen LogP contribution is 2.28. The van der Waals surface area contributed by atoms with E-state index in [1.54, 1.807) is 6.08 Å². The predicted octanol–water partition coefficient (Wildman–Crippen LogP) is 1.86. The van der Waals surface area contributed by atoms with E-state index < -0.39 is 0 Å². The minimum absolute atomic E-state index is 0.183. The van der Waals surface area contributed by atoms with E-state index >= 15 is 0 Å². The Bertz CT molecular complexity index is 280. The Balaban J connectivity index is 2.03. The summed E-state index contributed by atoms with van der Waals surface area (Å²) in [5.74, 6) is 0.244. The van der Waals surface area contributed by atoms with E-state index in [1.807, 2.05) is 0 Å². The SMILES string of the molecule is O=C1C=C(N(CCO)C2CCCCC2)CC1. The third-order valence-corrected chi connectivity index (χ3v) is 3.68. The fraction of sp³-hybridized carbons (Fsp3) is 0.769. The van der Waals surface area contributed by atoms with E-state index in [1.165, 1.54) is 32.1 Å². The number of aliphatic hydroxyl groups is 1. The largest absolute Gasteiger partial charge is 0.395 e. The lowest BCUT2D eigenvalue weighted by Crippen LogP contribution is -2.37. The fourth-order valence-electron chi connectivity index (χ4n) is 2.87. The molecular formula is C13H21NO2. The van der Waals surface area contributed by atoms with Crippen molar-refractivity contribution in [2.75, 3.05) is 13.2 Å². The molecule has 1 saturated carbocycles. The van der Waals surface area contributed by atoms with Gasteiger partial charge in [0.05, 0.1) is 6.61 Å². The lowest BCUT2D eigenvalue weighted by Gasteiger charge is -2.36. The van der Waals surface area contributed by atoms with Gasteiger partial charge in [-0.15, -0.1) is 0 Å². The molecule has 0 aromatic heterocycles. The Morgan fingerprint density at radius 3 is 2.56 bits per heavy atom. The van der Waals surface area contributed by atoms with Crippen LogP contribution in [0.15, 0.2) is 11.8 Å². The van der Waals surface area contributed by atoms with Crippen molar-refractivity contribution in [3.05, 3.63) is 11.8 Å². The minimum Gasteiger partial charge on any atom is -0.395 e. The van der Waals surface area contributed by atoms with Gasteiger partial charge in [0.1, 0.15) is 0 Å². The van der Waals surface area contributed by atoms with E-state index in [9.17, 15) is 4.79 Å². The summed E-state index contributed by atoms with van der Waals surface area (Å²) in [5, 5.41) is 9.14. The van der Waals surface area contributed by atoms with E-state index in [0.717, 1.165) is 12.1 Å². The quantitative estimate of drug-likeness (QED) is 0.791. The van der Waals surface area contributed by atoms with Crippen LogP contribution in [-0.4, -0.2) is 35.0 Å². The molecule has 2 rings (SSSR count). The van der Waals surface area contributed by atoms with Crippen LogP contribution in [0.5, 0.6) is 0 Å². The molecule has 16 heavy (non-hydrogen) atoms. The second-order valence-corrected chi connectivity index (χ2v) is 4.81. The Labute approximate surface area is 97.1 Å². The Hall–Kier alpha value is -0.830. The van der Waals surface area contributed by atoms with Crippen molar-refractivity contribution in [2.45, 2.75) is 51.0 Å². The zero-order chi connectivity index (χ0) is 11.4. The summed E-state index contributed by atoms with van der Waals surface area (Å²) in [6, 6.07) is 0.554. The van der Waals surface area contributed by atoms with E-state index in [4.69, 9.17) is 5.11 Å². The summed E-state index contributed by atoms with van der Waals surface area (Å²) < 4.78 is 0. The molecule has 90 valence electrons. The van der Waals surface area contributed by atoms with Crippen molar-refractivity contribution < 1.29 is 9.90 Å². The zero-order valence-electron chi connectivity index (χ0n) is 9.82. The Morgan fingerprint density at radius 2 is 2.00 bits per heavy atom. The van der Waals surface area contributed by atoms with Crippen molar-refractivity contribution in [3.8, 4) is 0 Å². The number of carbonyl (C=O) groups is 1. The van der Waals surface area contributed by atoms with Crippen LogP contribution < -0.4 is 0 Å². The molecule has 0 saturated heterocycles. The molecule has 0 spiro atoms. The van der Waals surface area contributed by atoms with Crippen LogP contribution in [-0.2, 0) is 4.79 Å². The maximum atomic E-state index is 11.3. The number of ketones is 1. The third kappa shape index (κ3) is 2.64. The molecule has 1 N–H and O–H groups in total. The van der Waals surface area contributed by atoms with Crippen LogP contribution in [0.25, 0.3) is 0 Å². The minimum atomic E-state index is 0.183. The molecule has 1 fully saturated rings. The number of hydrogen-bond acceptors (Lipinski definition) is 3. The van der Waals surface area contributed by atoms with Crippen LogP contribution in [0.3, 0.4) is 0 Å². The Morgan fingerprint density at radius 1 is 1.25 bits per heavy atom. The molecular weight excluding hydrogens is 202 g/mol. The standard InChI is InChI=1S/C13H21NO2/c15-9-8-14(11-4-2-1-3-5-11)12-6-7-13(16)10-12/h10-11,15H,1-9H2. The smallest absolute Gasteiger partial charge is 0.157 e. The van der Waals surface area contributed by atoms with Crippen molar-refractivity contribution in [3.63, 3.8) is 0 Å². The molecule has 0 aliphatic heterocycles. The van der Waals surface area contributed by atoms with Gasteiger partial charge in [0.25, 0.3) is 0 Å². The molecule has 0 aromatic rings. The number of rotatable bonds is 4. The highest BCUT2D eigenvalue weighted by atomic mass is 16.3. The van der Waals surface area contributed by atoms with Crippen molar-refractivity contribution in [1.82, 2.24) is 4.90 Å². The molecule has 0 radical (unpaired) electrons. The molecule has 0 amide bonds. The van der Waals surface area contributed by atoms with Crippen molar-refractivity contribution in [2.24, 2.45) is 0 Å². The highest BCUT2D eigenvalue weighted by molar-refractivity contribution is 5.92. The van der Waals surface area contributed by atoms with Crippen LogP contribution in [0.4, 0.5) is 0 Å². The lowest BCUT2D eigenvalue weighted by atomic mass is 9.93. The van der Waals surface area contributed by atoms with Gasteiger partial charge in [0.2, 0.25) is 0 Å². The first kappa shape index (κ1) is 11.6. The van der Waals surface area contributed by atoms with Gasteiger partial charge in [0, 0.05) is 30.8 Å². The second-order valence-electron chi connectivity index (χ2n) is 4.81. The summed E-state index contributed by atoms with van der Waals surface area (Å²) in [7, 11) is 0. The van der Waals surface area contributed by atoms with E-state index in [-0.39, 0.29) is 12.4 Å². The van der Waals surface area contributed by atoms with E-state index in [0.29, 0.717) is 19.0 Å². The summed E-state index contributed by atoms with van der Waals surface area (Å²) >= 11 is 0. The monoisotopic (exact) mass is 223 g/mol. The maximum absolute atomic E-state index is 11.3. The molecule has 3 nitrogen and oxygen atoms in total. The molecule has 0 unspecified atom stereocenters. The highest BCUT2D eigenvalue weighted by Gasteiger charge is 2.25. The van der Waals surface area contributed by atoms with E-state index in [2.05, 4.69) is 4.90 Å². The Kier molecular flexibility index (Phi) is 3.99. The van der Waals surface area contributed by atoms with Gasteiger partial charge in [-0.25, -0.2) is 0 Å². The van der Waals surface area contributed by atoms with Gasteiger partial charge in [-0.05, 0) is 19.3 Å². The van der Waals surface area contributed by atoms with Crippen LogP contribution in [0, 0.1) is 0 Å². The van der Waals surface area contributed by atoms with Crippen LogP contribution in [0.1, 0.15) is 44.9 Å². The number of nitrogens with zero attached hydrogens (tertiary/aromatic N) is 1. The van der Waals surface area contributed by atoms with Crippen molar-refractivity contribution in [1.29, 1.82) is 0 Å². The first-order valence-electron chi connectivity index (χ1n) is 6.42. The van der Waals surface area contributed by atoms with Crippen molar-refractivity contribution >= 4 is 5.78 Å². The van der Waals surface area contributed by atoms with Gasteiger partial charge in [-0.2, -0.15) is 0 Å². The average Bonchev–Trinajstić information content (AvgIpc) is 2.74. The maximum Gasteiger partial charge on any atom is 0.157 e. The number of carbonyl (C=O) groups excluding carboxylic acids is 1. The van der Waals surface area contributed by atoms with Gasteiger partial charge in [0.15, 0.2) is 5.78 Å². The molecule has 2 aliphatic rings. The summed E-state index contributed by atoms with van der Waals surface area (Å²) in [4.78, 5) is 13.6. The molecule has 3 heteroatoms. The number of allylic oxidation sites excluding steroid dienone is 2. The normalized spacial score (nSPS) is 22.3. The van der Waals surface area contributed by atoms with Gasteiger partial charge < -0.3 is 10.0 Å². The number of aliphatic hydroxyl groups excluding tert-OH is 1. The molecule has 2 aliphatic carbocycles. The molecule has 0 atom stereocenters. The zero-order valence-corrected chi connectivity index (χ0v) is 9.82. The average molecular weight is 223 g/mol. The summed E-state index contributed by atoms with van der Waals surface area (Å²) in [6.45, 7) is 0.867. The van der Waals surface area contributed by atoms with Crippen LogP contribution in [0.2, 0.25) is 0 Å². The lowest BCUT2D eigenvalue weighted by molar-refractivity contribution is -0.114. The first-order valence-corrected chi connectivity index (χ1v) is 6.42. The molecule has 0 aromatic carbocycles. The first-order chi connectivity index (χ1) is 7.81. The van der Waals surface area contributed by atoms with Crippen LogP contribution >= 0.6 is 0 Å². The molecule has 0 heterocycles. The fourth-order valence-corrected chi connectivity index (χ4v) is 2.87.